The highest BCUT2D eigenvalue weighted by molar-refractivity contribution is 5.98. The number of carbonyl (C=O) groups is 1. The summed E-state index contributed by atoms with van der Waals surface area (Å²) in [6.45, 7) is 1.09. The van der Waals surface area contributed by atoms with Gasteiger partial charge in [-0.25, -0.2) is 0 Å². The molecule has 1 aliphatic heterocycles. The number of alkyl halides is 3. The number of aromatic nitrogens is 2. The Morgan fingerprint density at radius 2 is 1.73 bits per heavy atom. The Labute approximate surface area is 187 Å². The molecule has 5 rings (SSSR count). The third-order valence-corrected chi connectivity index (χ3v) is 5.95. The molecule has 1 aliphatic rings. The van der Waals surface area contributed by atoms with Crippen LogP contribution in [0.1, 0.15) is 40.6 Å². The van der Waals surface area contributed by atoms with Gasteiger partial charge in [0.05, 0.1) is 11.5 Å². The third kappa shape index (κ3) is 4.33. The zero-order valence-corrected chi connectivity index (χ0v) is 17.5. The smallest absolute Gasteiger partial charge is 0.416 e. The minimum atomic E-state index is -4.40. The first-order valence-electron chi connectivity index (χ1n) is 10.7. The number of likely N-dealkylation sites (tertiary alicyclic amines) is 1. The normalized spacial score (nSPS) is 16.8. The van der Waals surface area contributed by atoms with Crippen LogP contribution >= 0.6 is 0 Å². The summed E-state index contributed by atoms with van der Waals surface area (Å²) in [7, 11) is 0. The SMILES string of the molecule is O=C(c1ccc2ccccc2c1)N1CCCC(c2nnc(-c3ccc(C(F)(F)F)cc3)o2)C1. The van der Waals surface area contributed by atoms with Gasteiger partial charge in [0.15, 0.2) is 0 Å². The third-order valence-electron chi connectivity index (χ3n) is 5.95. The second kappa shape index (κ2) is 8.35. The van der Waals surface area contributed by atoms with Gasteiger partial charge in [-0.1, -0.05) is 30.3 Å². The molecule has 3 aromatic carbocycles. The molecule has 1 amide bonds. The van der Waals surface area contributed by atoms with Crippen molar-refractivity contribution in [2.24, 2.45) is 0 Å². The first kappa shape index (κ1) is 21.2. The fourth-order valence-electron chi connectivity index (χ4n) is 4.19. The summed E-state index contributed by atoms with van der Waals surface area (Å²) in [6.07, 6.45) is -2.82. The largest absolute Gasteiger partial charge is 0.420 e. The molecule has 0 aliphatic carbocycles. The maximum absolute atomic E-state index is 13.1. The number of amides is 1. The highest BCUT2D eigenvalue weighted by atomic mass is 19.4. The van der Waals surface area contributed by atoms with Crippen LogP contribution in [0.2, 0.25) is 0 Å². The van der Waals surface area contributed by atoms with Gasteiger partial charge in [0.25, 0.3) is 5.91 Å². The minimum absolute atomic E-state index is 0.0482. The predicted molar refractivity (Wildman–Crippen MR) is 117 cm³/mol. The molecule has 0 N–H and O–H groups in total. The summed E-state index contributed by atoms with van der Waals surface area (Å²) < 4.78 is 44.1. The molecule has 2 heterocycles. The van der Waals surface area contributed by atoms with Crippen LogP contribution < -0.4 is 0 Å². The van der Waals surface area contributed by atoms with E-state index in [4.69, 9.17) is 4.42 Å². The summed E-state index contributed by atoms with van der Waals surface area (Å²) in [5.41, 5.74) is 0.313. The summed E-state index contributed by atoms with van der Waals surface area (Å²) >= 11 is 0. The van der Waals surface area contributed by atoms with Gasteiger partial charge in [0.2, 0.25) is 11.8 Å². The second-order valence-electron chi connectivity index (χ2n) is 8.17. The lowest BCUT2D eigenvalue weighted by Gasteiger charge is -2.31. The topological polar surface area (TPSA) is 59.2 Å². The minimum Gasteiger partial charge on any atom is -0.420 e. The molecule has 33 heavy (non-hydrogen) atoms. The van der Waals surface area contributed by atoms with Crippen molar-refractivity contribution >= 4 is 16.7 Å². The van der Waals surface area contributed by atoms with Crippen molar-refractivity contribution in [3.8, 4) is 11.5 Å². The molecular weight excluding hydrogens is 431 g/mol. The number of benzene rings is 3. The van der Waals surface area contributed by atoms with E-state index < -0.39 is 11.7 Å². The quantitative estimate of drug-likeness (QED) is 0.388. The second-order valence-corrected chi connectivity index (χ2v) is 8.17. The lowest BCUT2D eigenvalue weighted by Crippen LogP contribution is -2.39. The molecule has 1 fully saturated rings. The van der Waals surface area contributed by atoms with E-state index in [2.05, 4.69) is 10.2 Å². The fraction of sp³-hybridized carbons (Fsp3) is 0.240. The summed E-state index contributed by atoms with van der Waals surface area (Å²) in [5, 5.41) is 10.2. The van der Waals surface area contributed by atoms with Gasteiger partial charge in [-0.15, -0.1) is 10.2 Å². The number of hydrogen-bond acceptors (Lipinski definition) is 4. The Bertz CT molecular complexity index is 1300. The molecule has 0 radical (unpaired) electrons. The number of hydrogen-bond donors (Lipinski definition) is 0. The van der Waals surface area contributed by atoms with E-state index in [0.717, 1.165) is 35.7 Å². The van der Waals surface area contributed by atoms with Crippen LogP contribution in [-0.4, -0.2) is 34.1 Å². The fourth-order valence-corrected chi connectivity index (χ4v) is 4.19. The van der Waals surface area contributed by atoms with Gasteiger partial charge in [-0.05, 0) is 60.0 Å². The van der Waals surface area contributed by atoms with Crippen LogP contribution in [0.4, 0.5) is 13.2 Å². The van der Waals surface area contributed by atoms with Crippen molar-refractivity contribution in [1.29, 1.82) is 0 Å². The predicted octanol–water partition coefficient (Wildman–Crippen LogP) is 5.93. The maximum atomic E-state index is 13.1. The van der Waals surface area contributed by atoms with Crippen LogP contribution in [0.3, 0.4) is 0 Å². The van der Waals surface area contributed by atoms with Gasteiger partial charge in [0.1, 0.15) is 0 Å². The molecule has 0 saturated carbocycles. The maximum Gasteiger partial charge on any atom is 0.416 e. The Morgan fingerprint density at radius 1 is 0.970 bits per heavy atom. The summed E-state index contributed by atoms with van der Waals surface area (Å²) in [4.78, 5) is 14.9. The molecule has 1 saturated heterocycles. The van der Waals surface area contributed by atoms with Crippen LogP contribution in [0.5, 0.6) is 0 Å². The lowest BCUT2D eigenvalue weighted by molar-refractivity contribution is -0.137. The van der Waals surface area contributed by atoms with E-state index in [0.29, 0.717) is 30.1 Å². The molecule has 1 atom stereocenters. The van der Waals surface area contributed by atoms with Gasteiger partial charge in [-0.2, -0.15) is 13.2 Å². The van der Waals surface area contributed by atoms with Crippen molar-refractivity contribution in [3.63, 3.8) is 0 Å². The number of rotatable bonds is 3. The zero-order chi connectivity index (χ0) is 23.0. The zero-order valence-electron chi connectivity index (χ0n) is 17.5. The van der Waals surface area contributed by atoms with Crippen LogP contribution in [-0.2, 0) is 6.18 Å². The molecule has 1 unspecified atom stereocenters. The van der Waals surface area contributed by atoms with Crippen LogP contribution in [0.15, 0.2) is 71.1 Å². The average Bonchev–Trinajstić information content (AvgIpc) is 3.33. The van der Waals surface area contributed by atoms with Gasteiger partial charge in [-0.3, -0.25) is 4.79 Å². The number of fused-ring (bicyclic) bond motifs is 1. The van der Waals surface area contributed by atoms with Crippen molar-refractivity contribution in [2.75, 3.05) is 13.1 Å². The van der Waals surface area contributed by atoms with E-state index in [1.165, 1.54) is 12.1 Å². The van der Waals surface area contributed by atoms with E-state index in [1.54, 1.807) is 4.90 Å². The van der Waals surface area contributed by atoms with Gasteiger partial charge in [0, 0.05) is 24.2 Å². The van der Waals surface area contributed by atoms with Crippen molar-refractivity contribution < 1.29 is 22.4 Å². The van der Waals surface area contributed by atoms with E-state index in [9.17, 15) is 18.0 Å². The number of nitrogens with zero attached hydrogens (tertiary/aromatic N) is 3. The van der Waals surface area contributed by atoms with Gasteiger partial charge < -0.3 is 9.32 Å². The first-order valence-corrected chi connectivity index (χ1v) is 10.7. The monoisotopic (exact) mass is 451 g/mol. The van der Waals surface area contributed by atoms with Crippen LogP contribution in [0.25, 0.3) is 22.2 Å². The Kier molecular flexibility index (Phi) is 5.36. The number of carbonyl (C=O) groups excluding carboxylic acids is 1. The first-order chi connectivity index (χ1) is 15.9. The Morgan fingerprint density at radius 3 is 2.48 bits per heavy atom. The number of halogens is 3. The van der Waals surface area contributed by atoms with Crippen molar-refractivity contribution in [3.05, 3.63) is 83.7 Å². The highest BCUT2D eigenvalue weighted by Gasteiger charge is 2.31. The molecule has 1 aromatic heterocycles. The summed E-state index contributed by atoms with van der Waals surface area (Å²) in [5.74, 6) is 0.379. The molecular formula is C25H20F3N3O2. The van der Waals surface area contributed by atoms with Crippen molar-refractivity contribution in [1.82, 2.24) is 15.1 Å². The molecule has 8 heteroatoms. The highest BCUT2D eigenvalue weighted by Crippen LogP contribution is 2.32. The standard InChI is InChI=1S/C25H20F3N3O2/c26-25(27,28)21-11-9-17(10-12-21)22-29-30-23(33-22)20-6-3-13-31(15-20)24(32)19-8-7-16-4-1-2-5-18(16)14-19/h1-2,4-5,7-12,14,20H,3,6,13,15H2. The Balaban J connectivity index is 1.31. The van der Waals surface area contributed by atoms with Crippen LogP contribution in [0, 0.1) is 0 Å². The van der Waals surface area contributed by atoms with E-state index >= 15 is 0 Å². The molecule has 0 bridgehead atoms. The Hall–Kier alpha value is -3.68. The van der Waals surface area contributed by atoms with Gasteiger partial charge >= 0.3 is 6.18 Å². The number of piperidine rings is 1. The van der Waals surface area contributed by atoms with E-state index in [-0.39, 0.29) is 17.7 Å². The molecule has 168 valence electrons. The summed E-state index contributed by atoms with van der Waals surface area (Å²) in [6, 6.07) is 18.2. The van der Waals surface area contributed by atoms with Crippen molar-refractivity contribution in [2.45, 2.75) is 24.9 Å². The van der Waals surface area contributed by atoms with E-state index in [1.807, 2.05) is 42.5 Å². The molecule has 5 nitrogen and oxygen atoms in total. The average molecular weight is 451 g/mol. The lowest BCUT2D eigenvalue weighted by atomic mass is 9.97. The molecule has 4 aromatic rings. The molecule has 0 spiro atoms.